The molecule has 0 unspecified atom stereocenters. The van der Waals surface area contributed by atoms with Gasteiger partial charge in [-0.1, -0.05) is 60.8 Å². The van der Waals surface area contributed by atoms with Gasteiger partial charge >= 0.3 is 0 Å². The summed E-state index contributed by atoms with van der Waals surface area (Å²) in [6, 6.07) is 8.38. The molecule has 0 heterocycles. The van der Waals surface area contributed by atoms with Crippen LogP contribution in [-0.2, 0) is 6.54 Å². The molecule has 0 aliphatic carbocycles. The normalized spacial score (nSPS) is 10.9. The topological polar surface area (TPSA) is 12.0 Å². The highest BCUT2D eigenvalue weighted by Crippen LogP contribution is 2.15. The van der Waals surface area contributed by atoms with Gasteiger partial charge in [-0.25, -0.2) is 0 Å². The van der Waals surface area contributed by atoms with Crippen LogP contribution in [0.5, 0.6) is 0 Å². The Labute approximate surface area is 101 Å². The minimum atomic E-state index is 0.812. The molecule has 0 amide bonds. The molecule has 1 aromatic rings. The van der Waals surface area contributed by atoms with Crippen molar-refractivity contribution in [2.45, 2.75) is 33.2 Å². The summed E-state index contributed by atoms with van der Waals surface area (Å²) in [5.74, 6) is 0.812. The maximum absolute atomic E-state index is 3.56. The summed E-state index contributed by atoms with van der Waals surface area (Å²) < 4.78 is 1.20. The Bertz CT molecular complexity index is 282. The monoisotopic (exact) mass is 269 g/mol. The Balaban J connectivity index is 2.34. The fraction of sp³-hybridized carbons (Fsp3) is 0.538. The summed E-state index contributed by atoms with van der Waals surface area (Å²) in [5.41, 5.74) is 1.34. The van der Waals surface area contributed by atoms with Crippen molar-refractivity contribution in [3.05, 3.63) is 34.3 Å². The lowest BCUT2D eigenvalue weighted by Gasteiger charge is -2.13. The van der Waals surface area contributed by atoms with Gasteiger partial charge < -0.3 is 5.32 Å². The number of hydrogen-bond acceptors (Lipinski definition) is 1. The molecule has 84 valence electrons. The van der Waals surface area contributed by atoms with Crippen LogP contribution in [0.15, 0.2) is 28.7 Å². The summed E-state index contributed by atoms with van der Waals surface area (Å²) >= 11 is 3.56. The minimum Gasteiger partial charge on any atom is -0.312 e. The molecule has 15 heavy (non-hydrogen) atoms. The van der Waals surface area contributed by atoms with Gasteiger partial charge in [-0.15, -0.1) is 0 Å². The van der Waals surface area contributed by atoms with Gasteiger partial charge in [0.2, 0.25) is 0 Å². The third-order valence-electron chi connectivity index (χ3n) is 2.86. The molecule has 1 rings (SSSR count). The first-order valence-electron chi connectivity index (χ1n) is 5.72. The van der Waals surface area contributed by atoms with Crippen molar-refractivity contribution >= 4 is 15.9 Å². The van der Waals surface area contributed by atoms with E-state index in [1.807, 2.05) is 0 Å². The first-order chi connectivity index (χ1) is 7.27. The predicted octanol–water partition coefficient (Wildman–Crippen LogP) is 3.97. The molecular formula is C13H20BrN. The first kappa shape index (κ1) is 12.7. The smallest absolute Gasteiger partial charge is 0.0220 e. The van der Waals surface area contributed by atoms with Crippen LogP contribution in [0.4, 0.5) is 0 Å². The lowest BCUT2D eigenvalue weighted by molar-refractivity contribution is 0.449. The molecule has 0 fully saturated rings. The quantitative estimate of drug-likeness (QED) is 0.824. The van der Waals surface area contributed by atoms with E-state index in [-0.39, 0.29) is 0 Å². The average Bonchev–Trinajstić information content (AvgIpc) is 2.27. The number of rotatable bonds is 6. The number of benzene rings is 1. The first-order valence-corrected chi connectivity index (χ1v) is 6.51. The maximum Gasteiger partial charge on any atom is 0.0220 e. The fourth-order valence-electron chi connectivity index (χ4n) is 1.63. The van der Waals surface area contributed by atoms with Crippen LogP contribution in [0, 0.1) is 5.92 Å². The Morgan fingerprint density at radius 1 is 1.20 bits per heavy atom. The Kier molecular flexibility index (Phi) is 5.96. The molecule has 0 aliphatic heterocycles. The molecule has 1 nitrogen and oxygen atoms in total. The van der Waals surface area contributed by atoms with E-state index < -0.39 is 0 Å². The van der Waals surface area contributed by atoms with Gasteiger partial charge in [0.1, 0.15) is 0 Å². The predicted molar refractivity (Wildman–Crippen MR) is 69.9 cm³/mol. The third kappa shape index (κ3) is 4.35. The van der Waals surface area contributed by atoms with E-state index in [0.717, 1.165) is 19.0 Å². The Morgan fingerprint density at radius 2 is 1.87 bits per heavy atom. The number of hydrogen-bond donors (Lipinski definition) is 1. The van der Waals surface area contributed by atoms with Gasteiger partial charge in [0.25, 0.3) is 0 Å². The molecule has 0 aromatic heterocycles. The van der Waals surface area contributed by atoms with Gasteiger partial charge in [-0.2, -0.15) is 0 Å². The zero-order chi connectivity index (χ0) is 11.1. The van der Waals surface area contributed by atoms with Crippen molar-refractivity contribution in [3.8, 4) is 0 Å². The van der Waals surface area contributed by atoms with Crippen LogP contribution in [0.1, 0.15) is 32.3 Å². The molecule has 1 aromatic carbocycles. The molecule has 0 radical (unpaired) electrons. The summed E-state index contributed by atoms with van der Waals surface area (Å²) in [6.07, 6.45) is 2.53. The fourth-order valence-corrected chi connectivity index (χ4v) is 2.06. The van der Waals surface area contributed by atoms with Gasteiger partial charge in [-0.3, -0.25) is 0 Å². The highest BCUT2D eigenvalue weighted by Gasteiger charge is 2.03. The summed E-state index contributed by atoms with van der Waals surface area (Å²) in [6.45, 7) is 6.59. The second-order valence-electron chi connectivity index (χ2n) is 3.90. The van der Waals surface area contributed by atoms with Gasteiger partial charge in [0.15, 0.2) is 0 Å². The van der Waals surface area contributed by atoms with E-state index in [1.165, 1.54) is 22.9 Å². The average molecular weight is 270 g/mol. The van der Waals surface area contributed by atoms with Crippen molar-refractivity contribution in [1.29, 1.82) is 0 Å². The Morgan fingerprint density at radius 3 is 2.47 bits per heavy atom. The van der Waals surface area contributed by atoms with Crippen LogP contribution in [-0.4, -0.2) is 6.54 Å². The zero-order valence-corrected chi connectivity index (χ0v) is 11.2. The van der Waals surface area contributed by atoms with Crippen molar-refractivity contribution < 1.29 is 0 Å². The maximum atomic E-state index is 3.56. The van der Waals surface area contributed by atoms with Crippen molar-refractivity contribution in [1.82, 2.24) is 5.32 Å². The van der Waals surface area contributed by atoms with Crippen molar-refractivity contribution in [3.63, 3.8) is 0 Å². The van der Waals surface area contributed by atoms with E-state index in [1.54, 1.807) is 0 Å². The molecule has 0 spiro atoms. The molecule has 0 aliphatic rings. The SMILES string of the molecule is CCC(CC)CNCc1ccccc1Br. The second kappa shape index (κ2) is 7.02. The molecule has 2 heteroatoms. The van der Waals surface area contributed by atoms with Crippen LogP contribution in [0.3, 0.4) is 0 Å². The van der Waals surface area contributed by atoms with E-state index in [9.17, 15) is 0 Å². The summed E-state index contributed by atoms with van der Waals surface area (Å²) in [5, 5.41) is 3.51. The Hall–Kier alpha value is -0.340. The van der Waals surface area contributed by atoms with Crippen LogP contribution >= 0.6 is 15.9 Å². The van der Waals surface area contributed by atoms with E-state index in [0.29, 0.717) is 0 Å². The molecule has 0 saturated carbocycles. The second-order valence-corrected chi connectivity index (χ2v) is 4.76. The minimum absolute atomic E-state index is 0.812. The van der Waals surface area contributed by atoms with Crippen LogP contribution in [0.2, 0.25) is 0 Å². The summed E-state index contributed by atoms with van der Waals surface area (Å²) in [7, 11) is 0. The standard InChI is InChI=1S/C13H20BrN/c1-3-11(4-2)9-15-10-12-7-5-6-8-13(12)14/h5-8,11,15H,3-4,9-10H2,1-2H3. The molecule has 0 atom stereocenters. The highest BCUT2D eigenvalue weighted by molar-refractivity contribution is 9.10. The van der Waals surface area contributed by atoms with Crippen molar-refractivity contribution in [2.24, 2.45) is 5.92 Å². The lowest BCUT2D eigenvalue weighted by atomic mass is 10.0. The van der Waals surface area contributed by atoms with E-state index >= 15 is 0 Å². The molecule has 1 N–H and O–H groups in total. The zero-order valence-electron chi connectivity index (χ0n) is 9.59. The highest BCUT2D eigenvalue weighted by atomic mass is 79.9. The molecular weight excluding hydrogens is 250 g/mol. The molecule has 0 saturated heterocycles. The van der Waals surface area contributed by atoms with Gasteiger partial charge in [0.05, 0.1) is 0 Å². The van der Waals surface area contributed by atoms with E-state index in [4.69, 9.17) is 0 Å². The van der Waals surface area contributed by atoms with Crippen LogP contribution in [0.25, 0.3) is 0 Å². The van der Waals surface area contributed by atoms with Gasteiger partial charge in [0, 0.05) is 11.0 Å². The largest absolute Gasteiger partial charge is 0.312 e. The van der Waals surface area contributed by atoms with Crippen molar-refractivity contribution in [2.75, 3.05) is 6.54 Å². The number of nitrogens with one attached hydrogen (secondary N) is 1. The lowest BCUT2D eigenvalue weighted by Crippen LogP contribution is -2.21. The third-order valence-corrected chi connectivity index (χ3v) is 3.63. The molecule has 0 bridgehead atoms. The van der Waals surface area contributed by atoms with Crippen LogP contribution < -0.4 is 5.32 Å². The van der Waals surface area contributed by atoms with E-state index in [2.05, 4.69) is 59.4 Å². The summed E-state index contributed by atoms with van der Waals surface area (Å²) in [4.78, 5) is 0. The number of halogens is 1. The van der Waals surface area contributed by atoms with Gasteiger partial charge in [-0.05, 0) is 24.1 Å².